The van der Waals surface area contributed by atoms with Crippen LogP contribution in [0, 0.1) is 0 Å². The van der Waals surface area contributed by atoms with Crippen molar-refractivity contribution >= 4 is 11.8 Å². The zero-order chi connectivity index (χ0) is 7.98. The molecule has 60 valence electrons. The van der Waals surface area contributed by atoms with Gasteiger partial charge in [0.15, 0.2) is 0 Å². The van der Waals surface area contributed by atoms with Gasteiger partial charge in [0.25, 0.3) is 0 Å². The van der Waals surface area contributed by atoms with Gasteiger partial charge < -0.3 is 5.32 Å². The molecule has 0 aliphatic rings. The van der Waals surface area contributed by atoms with E-state index in [4.69, 9.17) is 0 Å². The van der Waals surface area contributed by atoms with E-state index in [1.165, 1.54) is 0 Å². The fraction of sp³-hybridized carbons (Fsp3) is 0.750. The van der Waals surface area contributed by atoms with Gasteiger partial charge in [-0.15, -0.1) is 11.8 Å². The lowest BCUT2D eigenvalue weighted by Crippen LogP contribution is -2.22. The predicted octanol–water partition coefficient (Wildman–Crippen LogP) is 2.60. The molecule has 0 aromatic carbocycles. The number of rotatable bonds is 5. The zero-order valence-electron chi connectivity index (χ0n) is 7.11. The molecule has 1 atom stereocenters. The second-order valence-electron chi connectivity index (χ2n) is 2.31. The van der Waals surface area contributed by atoms with Gasteiger partial charge in [-0.2, -0.15) is 0 Å². The van der Waals surface area contributed by atoms with Gasteiger partial charge in [-0.1, -0.05) is 20.4 Å². The number of hydrogen-bond donors (Lipinski definition) is 1. The topological polar surface area (TPSA) is 12.0 Å². The van der Waals surface area contributed by atoms with Crippen molar-refractivity contribution in [2.75, 3.05) is 5.75 Å². The van der Waals surface area contributed by atoms with Crippen molar-refractivity contribution in [3.05, 3.63) is 11.6 Å². The SMILES string of the molecule is C=C(NC(C)CC)SCC. The van der Waals surface area contributed by atoms with Crippen LogP contribution in [-0.2, 0) is 0 Å². The molecular formula is C8H17NS. The first-order valence-corrected chi connectivity index (χ1v) is 4.77. The lowest BCUT2D eigenvalue weighted by atomic mass is 10.3. The first-order chi connectivity index (χ1) is 4.70. The Kier molecular flexibility index (Phi) is 5.60. The summed E-state index contributed by atoms with van der Waals surface area (Å²) in [5.74, 6) is 1.10. The summed E-state index contributed by atoms with van der Waals surface area (Å²) in [5, 5.41) is 4.39. The third kappa shape index (κ3) is 4.74. The van der Waals surface area contributed by atoms with E-state index in [2.05, 4.69) is 32.7 Å². The minimum atomic E-state index is 0.562. The molecule has 0 amide bonds. The van der Waals surface area contributed by atoms with E-state index in [9.17, 15) is 0 Å². The summed E-state index contributed by atoms with van der Waals surface area (Å²) in [6.07, 6.45) is 1.16. The van der Waals surface area contributed by atoms with Crippen LogP contribution in [0.1, 0.15) is 27.2 Å². The molecule has 0 radical (unpaired) electrons. The molecule has 0 spiro atoms. The number of nitrogens with one attached hydrogen (secondary N) is 1. The molecule has 0 aliphatic heterocycles. The van der Waals surface area contributed by atoms with Crippen molar-refractivity contribution in [1.29, 1.82) is 0 Å². The monoisotopic (exact) mass is 159 g/mol. The summed E-state index contributed by atoms with van der Waals surface area (Å²) >= 11 is 1.77. The van der Waals surface area contributed by atoms with Gasteiger partial charge >= 0.3 is 0 Å². The molecule has 0 saturated carbocycles. The maximum atomic E-state index is 3.88. The molecular weight excluding hydrogens is 142 g/mol. The summed E-state index contributed by atoms with van der Waals surface area (Å²) in [4.78, 5) is 0. The van der Waals surface area contributed by atoms with Crippen molar-refractivity contribution in [3.63, 3.8) is 0 Å². The van der Waals surface area contributed by atoms with Crippen molar-refractivity contribution in [1.82, 2.24) is 5.32 Å². The molecule has 10 heavy (non-hydrogen) atoms. The second-order valence-corrected chi connectivity index (χ2v) is 3.67. The lowest BCUT2D eigenvalue weighted by Gasteiger charge is -2.13. The van der Waals surface area contributed by atoms with E-state index in [0.717, 1.165) is 17.2 Å². The van der Waals surface area contributed by atoms with Crippen molar-refractivity contribution in [2.24, 2.45) is 0 Å². The summed E-state index contributed by atoms with van der Waals surface area (Å²) in [5.41, 5.74) is 0. The molecule has 0 rings (SSSR count). The first-order valence-electron chi connectivity index (χ1n) is 3.78. The Morgan fingerprint density at radius 3 is 2.60 bits per heavy atom. The molecule has 0 saturated heterocycles. The summed E-state index contributed by atoms with van der Waals surface area (Å²) in [7, 11) is 0. The molecule has 0 aromatic rings. The highest BCUT2D eigenvalue weighted by atomic mass is 32.2. The van der Waals surface area contributed by atoms with Gasteiger partial charge in [0, 0.05) is 6.04 Å². The van der Waals surface area contributed by atoms with Crippen LogP contribution in [0.2, 0.25) is 0 Å². The second kappa shape index (κ2) is 5.66. The van der Waals surface area contributed by atoms with Crippen LogP contribution in [0.5, 0.6) is 0 Å². The lowest BCUT2D eigenvalue weighted by molar-refractivity contribution is 0.614. The molecule has 0 aliphatic carbocycles. The minimum Gasteiger partial charge on any atom is -0.378 e. The highest BCUT2D eigenvalue weighted by molar-refractivity contribution is 8.02. The fourth-order valence-electron chi connectivity index (χ4n) is 0.593. The fourth-order valence-corrected chi connectivity index (χ4v) is 1.23. The van der Waals surface area contributed by atoms with Crippen LogP contribution < -0.4 is 5.32 Å². The first kappa shape index (κ1) is 9.89. The normalized spacial score (nSPS) is 12.7. The molecule has 2 heteroatoms. The van der Waals surface area contributed by atoms with E-state index in [-0.39, 0.29) is 0 Å². The highest BCUT2D eigenvalue weighted by Gasteiger charge is 1.97. The van der Waals surface area contributed by atoms with Crippen LogP contribution >= 0.6 is 11.8 Å². The summed E-state index contributed by atoms with van der Waals surface area (Å²) in [6.45, 7) is 10.4. The highest BCUT2D eigenvalue weighted by Crippen LogP contribution is 2.09. The predicted molar refractivity (Wildman–Crippen MR) is 50.2 cm³/mol. The quantitative estimate of drug-likeness (QED) is 0.661. The Morgan fingerprint density at radius 1 is 1.60 bits per heavy atom. The molecule has 1 N–H and O–H groups in total. The molecule has 0 bridgehead atoms. The summed E-state index contributed by atoms with van der Waals surface area (Å²) < 4.78 is 0. The van der Waals surface area contributed by atoms with E-state index in [0.29, 0.717) is 6.04 Å². The minimum absolute atomic E-state index is 0.562. The van der Waals surface area contributed by atoms with Crippen molar-refractivity contribution < 1.29 is 0 Å². The smallest absolute Gasteiger partial charge is 0.0610 e. The average Bonchev–Trinajstić information content (AvgIpc) is 1.88. The zero-order valence-corrected chi connectivity index (χ0v) is 7.92. The standard InChI is InChI=1S/C8H17NS/c1-5-7(3)9-8(4)10-6-2/h7,9H,4-6H2,1-3H3. The van der Waals surface area contributed by atoms with Crippen molar-refractivity contribution in [2.45, 2.75) is 33.2 Å². The third-order valence-corrected chi connectivity index (χ3v) is 2.09. The Hall–Kier alpha value is -0.110. The van der Waals surface area contributed by atoms with Crippen LogP contribution in [-0.4, -0.2) is 11.8 Å². The van der Waals surface area contributed by atoms with Crippen LogP contribution in [0.3, 0.4) is 0 Å². The molecule has 0 fully saturated rings. The molecule has 0 aromatic heterocycles. The van der Waals surface area contributed by atoms with E-state index in [1.807, 2.05) is 0 Å². The Bertz CT molecular complexity index is 101. The third-order valence-electron chi connectivity index (χ3n) is 1.34. The number of thioether (sulfide) groups is 1. The van der Waals surface area contributed by atoms with Gasteiger partial charge in [0.05, 0.1) is 5.03 Å². The summed E-state index contributed by atoms with van der Waals surface area (Å²) in [6, 6.07) is 0.562. The van der Waals surface area contributed by atoms with Crippen LogP contribution in [0.4, 0.5) is 0 Å². The van der Waals surface area contributed by atoms with Gasteiger partial charge in [-0.3, -0.25) is 0 Å². The van der Waals surface area contributed by atoms with Crippen LogP contribution in [0.25, 0.3) is 0 Å². The van der Waals surface area contributed by atoms with Crippen LogP contribution in [0.15, 0.2) is 11.6 Å². The maximum absolute atomic E-state index is 3.88. The molecule has 1 unspecified atom stereocenters. The average molecular weight is 159 g/mol. The van der Waals surface area contributed by atoms with Gasteiger partial charge in [0.2, 0.25) is 0 Å². The van der Waals surface area contributed by atoms with E-state index < -0.39 is 0 Å². The molecule has 0 heterocycles. The van der Waals surface area contributed by atoms with Gasteiger partial charge in [-0.25, -0.2) is 0 Å². The Morgan fingerprint density at radius 2 is 2.20 bits per heavy atom. The Labute approximate surface area is 68.3 Å². The molecule has 1 nitrogen and oxygen atoms in total. The Balaban J connectivity index is 3.37. The number of hydrogen-bond acceptors (Lipinski definition) is 2. The van der Waals surface area contributed by atoms with E-state index >= 15 is 0 Å². The van der Waals surface area contributed by atoms with Gasteiger partial charge in [0.1, 0.15) is 0 Å². The largest absolute Gasteiger partial charge is 0.378 e. The van der Waals surface area contributed by atoms with E-state index in [1.54, 1.807) is 11.8 Å². The van der Waals surface area contributed by atoms with Gasteiger partial charge in [-0.05, 0) is 19.1 Å². The maximum Gasteiger partial charge on any atom is 0.0610 e. The van der Waals surface area contributed by atoms with Crippen molar-refractivity contribution in [3.8, 4) is 0 Å².